The maximum absolute atomic E-state index is 13.4. The van der Waals surface area contributed by atoms with Crippen molar-refractivity contribution in [2.45, 2.75) is 51.0 Å². The second-order valence-corrected chi connectivity index (χ2v) is 7.57. The van der Waals surface area contributed by atoms with Crippen molar-refractivity contribution in [2.24, 2.45) is 17.6 Å². The van der Waals surface area contributed by atoms with Crippen molar-refractivity contribution in [3.63, 3.8) is 0 Å². The summed E-state index contributed by atoms with van der Waals surface area (Å²) in [6, 6.07) is 3.15. The van der Waals surface area contributed by atoms with Crippen LogP contribution in [0.15, 0.2) is 18.2 Å². The fourth-order valence-electron chi connectivity index (χ4n) is 3.30. The van der Waals surface area contributed by atoms with Crippen LogP contribution in [-0.2, 0) is 15.0 Å². The molecule has 3 N–H and O–H groups in total. The minimum absolute atomic E-state index is 0.0718. The van der Waals surface area contributed by atoms with E-state index < -0.39 is 23.1 Å². The molecule has 0 heterocycles. The molecule has 0 saturated heterocycles. The van der Waals surface area contributed by atoms with Crippen LogP contribution in [0.2, 0.25) is 0 Å². The van der Waals surface area contributed by atoms with Gasteiger partial charge in [0.05, 0.1) is 6.04 Å². The predicted molar refractivity (Wildman–Crippen MR) is 91.9 cm³/mol. The van der Waals surface area contributed by atoms with Gasteiger partial charge < -0.3 is 15.8 Å². The highest BCUT2D eigenvalue weighted by Gasteiger charge is 2.30. The fourth-order valence-corrected chi connectivity index (χ4v) is 3.30. The SMILES string of the molecule is CC(C)(CNC(=O)C(N)C1CCC(C=O)CC1)c1ccc(F)c(F)c1. The molecular formula is C19H26F2N2O2. The Labute approximate surface area is 147 Å². The van der Waals surface area contributed by atoms with Gasteiger partial charge in [-0.15, -0.1) is 0 Å². The Morgan fingerprint density at radius 3 is 2.48 bits per heavy atom. The third-order valence-corrected chi connectivity index (χ3v) is 5.23. The maximum atomic E-state index is 13.4. The minimum Gasteiger partial charge on any atom is -0.354 e. The summed E-state index contributed by atoms with van der Waals surface area (Å²) < 4.78 is 26.5. The lowest BCUT2D eigenvalue weighted by Crippen LogP contribution is -2.49. The summed E-state index contributed by atoms with van der Waals surface area (Å²) in [5.74, 6) is -1.89. The van der Waals surface area contributed by atoms with Gasteiger partial charge in [-0.1, -0.05) is 19.9 Å². The second-order valence-electron chi connectivity index (χ2n) is 7.57. The molecular weight excluding hydrogens is 326 g/mol. The first-order valence-electron chi connectivity index (χ1n) is 8.68. The number of benzene rings is 1. The first-order chi connectivity index (χ1) is 11.7. The Hall–Kier alpha value is -1.82. The zero-order valence-electron chi connectivity index (χ0n) is 14.7. The number of aldehydes is 1. The summed E-state index contributed by atoms with van der Waals surface area (Å²) in [7, 11) is 0. The van der Waals surface area contributed by atoms with Gasteiger partial charge >= 0.3 is 0 Å². The average molecular weight is 352 g/mol. The van der Waals surface area contributed by atoms with Gasteiger partial charge in [0.2, 0.25) is 5.91 Å². The lowest BCUT2D eigenvalue weighted by Gasteiger charge is -2.31. The highest BCUT2D eigenvalue weighted by Crippen LogP contribution is 2.29. The molecule has 0 aromatic heterocycles. The molecule has 4 nitrogen and oxygen atoms in total. The highest BCUT2D eigenvalue weighted by molar-refractivity contribution is 5.82. The number of nitrogens with one attached hydrogen (secondary N) is 1. The molecule has 1 fully saturated rings. The van der Waals surface area contributed by atoms with E-state index in [0.717, 1.165) is 44.1 Å². The van der Waals surface area contributed by atoms with E-state index in [9.17, 15) is 18.4 Å². The molecule has 0 aliphatic heterocycles. The van der Waals surface area contributed by atoms with Crippen LogP contribution >= 0.6 is 0 Å². The third-order valence-electron chi connectivity index (χ3n) is 5.23. The van der Waals surface area contributed by atoms with Crippen molar-refractivity contribution in [3.05, 3.63) is 35.4 Å². The number of carbonyl (C=O) groups is 2. The highest BCUT2D eigenvalue weighted by atomic mass is 19.2. The molecule has 6 heteroatoms. The van der Waals surface area contributed by atoms with E-state index in [-0.39, 0.29) is 24.3 Å². The van der Waals surface area contributed by atoms with Crippen LogP contribution in [-0.4, -0.2) is 24.8 Å². The Morgan fingerprint density at radius 1 is 1.28 bits per heavy atom. The lowest BCUT2D eigenvalue weighted by atomic mass is 9.79. The smallest absolute Gasteiger partial charge is 0.237 e. The zero-order chi connectivity index (χ0) is 18.6. The zero-order valence-corrected chi connectivity index (χ0v) is 14.7. The monoisotopic (exact) mass is 352 g/mol. The summed E-state index contributed by atoms with van der Waals surface area (Å²) in [5.41, 5.74) is 6.13. The Kier molecular flexibility index (Phi) is 6.27. The van der Waals surface area contributed by atoms with Crippen LogP contribution in [0.1, 0.15) is 45.1 Å². The summed E-state index contributed by atoms with van der Waals surface area (Å²) >= 11 is 0. The van der Waals surface area contributed by atoms with Crippen LogP contribution in [0, 0.1) is 23.5 Å². The van der Waals surface area contributed by atoms with Gasteiger partial charge in [-0.05, 0) is 49.3 Å². The van der Waals surface area contributed by atoms with Crippen LogP contribution in [0.4, 0.5) is 8.78 Å². The number of amides is 1. The Morgan fingerprint density at radius 2 is 1.92 bits per heavy atom. The quantitative estimate of drug-likeness (QED) is 0.773. The van der Waals surface area contributed by atoms with E-state index in [4.69, 9.17) is 5.73 Å². The minimum atomic E-state index is -0.902. The Bertz CT molecular complexity index is 626. The van der Waals surface area contributed by atoms with Crippen molar-refractivity contribution in [3.8, 4) is 0 Å². The van der Waals surface area contributed by atoms with Crippen LogP contribution < -0.4 is 11.1 Å². The van der Waals surface area contributed by atoms with E-state index in [0.29, 0.717) is 5.56 Å². The van der Waals surface area contributed by atoms with Gasteiger partial charge in [0.25, 0.3) is 0 Å². The number of carbonyl (C=O) groups excluding carboxylic acids is 2. The molecule has 1 amide bonds. The number of hydrogen-bond acceptors (Lipinski definition) is 3. The molecule has 1 atom stereocenters. The summed E-state index contributed by atoms with van der Waals surface area (Å²) in [5, 5.41) is 2.83. The molecule has 0 spiro atoms. The maximum Gasteiger partial charge on any atom is 0.237 e. The molecule has 138 valence electrons. The fraction of sp³-hybridized carbons (Fsp3) is 0.579. The molecule has 1 aromatic rings. The standard InChI is InChI=1S/C19H26F2N2O2/c1-19(2,14-7-8-15(20)16(21)9-14)11-23-18(25)17(22)13-5-3-12(10-24)4-6-13/h7-10,12-13,17H,3-6,11,22H2,1-2H3,(H,23,25). The van der Waals surface area contributed by atoms with E-state index in [1.165, 1.54) is 6.07 Å². The Balaban J connectivity index is 1.91. The van der Waals surface area contributed by atoms with E-state index in [1.807, 2.05) is 13.8 Å². The molecule has 1 saturated carbocycles. The first kappa shape index (κ1) is 19.5. The van der Waals surface area contributed by atoms with Crippen molar-refractivity contribution in [1.82, 2.24) is 5.32 Å². The first-order valence-corrected chi connectivity index (χ1v) is 8.68. The van der Waals surface area contributed by atoms with Gasteiger partial charge in [0, 0.05) is 17.9 Å². The largest absolute Gasteiger partial charge is 0.354 e. The molecule has 1 aromatic carbocycles. The summed E-state index contributed by atoms with van der Waals surface area (Å²) in [4.78, 5) is 23.2. The molecule has 2 rings (SSSR count). The van der Waals surface area contributed by atoms with Crippen LogP contribution in [0.25, 0.3) is 0 Å². The van der Waals surface area contributed by atoms with E-state index in [2.05, 4.69) is 5.32 Å². The lowest BCUT2D eigenvalue weighted by molar-refractivity contribution is -0.124. The molecule has 1 aliphatic carbocycles. The van der Waals surface area contributed by atoms with E-state index in [1.54, 1.807) is 0 Å². The number of hydrogen-bond donors (Lipinski definition) is 2. The van der Waals surface area contributed by atoms with Crippen molar-refractivity contribution in [1.29, 1.82) is 0 Å². The second kappa shape index (κ2) is 8.04. The molecule has 1 unspecified atom stereocenters. The summed E-state index contributed by atoms with van der Waals surface area (Å²) in [6.07, 6.45) is 4.06. The summed E-state index contributed by atoms with van der Waals surface area (Å²) in [6.45, 7) is 3.97. The normalized spacial score (nSPS) is 22.3. The number of halogens is 2. The van der Waals surface area contributed by atoms with Crippen molar-refractivity contribution >= 4 is 12.2 Å². The molecule has 1 aliphatic rings. The molecule has 0 bridgehead atoms. The van der Waals surface area contributed by atoms with Crippen LogP contribution in [0.3, 0.4) is 0 Å². The third kappa shape index (κ3) is 4.84. The van der Waals surface area contributed by atoms with Gasteiger partial charge in [0.1, 0.15) is 6.29 Å². The average Bonchev–Trinajstić information content (AvgIpc) is 2.61. The number of rotatable bonds is 6. The van der Waals surface area contributed by atoms with Crippen LogP contribution in [0.5, 0.6) is 0 Å². The van der Waals surface area contributed by atoms with E-state index >= 15 is 0 Å². The van der Waals surface area contributed by atoms with Gasteiger partial charge in [-0.25, -0.2) is 8.78 Å². The van der Waals surface area contributed by atoms with Crippen molar-refractivity contribution in [2.75, 3.05) is 6.54 Å². The van der Waals surface area contributed by atoms with Crippen molar-refractivity contribution < 1.29 is 18.4 Å². The van der Waals surface area contributed by atoms with Gasteiger partial charge in [-0.2, -0.15) is 0 Å². The topological polar surface area (TPSA) is 72.2 Å². The molecule has 25 heavy (non-hydrogen) atoms. The predicted octanol–water partition coefficient (Wildman–Crippen LogP) is 2.69. The molecule has 0 radical (unpaired) electrons. The number of nitrogens with two attached hydrogens (primary N) is 1. The van der Waals surface area contributed by atoms with Gasteiger partial charge in [-0.3, -0.25) is 4.79 Å². The van der Waals surface area contributed by atoms with Gasteiger partial charge in [0.15, 0.2) is 11.6 Å².